The second kappa shape index (κ2) is 9.77. The van der Waals surface area contributed by atoms with Crippen molar-refractivity contribution in [2.24, 2.45) is 0 Å². The predicted octanol–water partition coefficient (Wildman–Crippen LogP) is 4.79. The second-order valence-corrected chi connectivity index (χ2v) is 8.81. The van der Waals surface area contributed by atoms with E-state index in [1.165, 1.54) is 22.3 Å². The van der Waals surface area contributed by atoms with E-state index in [9.17, 15) is 0 Å². The van der Waals surface area contributed by atoms with Crippen LogP contribution in [0.4, 0.5) is 0 Å². The van der Waals surface area contributed by atoms with Crippen molar-refractivity contribution in [2.75, 3.05) is 19.9 Å². The number of aromatic nitrogens is 3. The van der Waals surface area contributed by atoms with Crippen molar-refractivity contribution < 1.29 is 4.74 Å². The molecule has 1 unspecified atom stereocenters. The molecule has 30 heavy (non-hydrogen) atoms. The smallest absolute Gasteiger partial charge is 0.191 e. The van der Waals surface area contributed by atoms with E-state index in [0.29, 0.717) is 0 Å². The Balaban J connectivity index is 1.42. The minimum Gasteiger partial charge on any atom is -0.376 e. The molecule has 0 saturated carbocycles. The van der Waals surface area contributed by atoms with Gasteiger partial charge in [0.1, 0.15) is 5.82 Å². The summed E-state index contributed by atoms with van der Waals surface area (Å²) in [5.41, 5.74) is 5.16. The Morgan fingerprint density at radius 2 is 1.90 bits per heavy atom. The minimum atomic E-state index is 0.282. The second-order valence-electron chi connectivity index (χ2n) is 8.03. The summed E-state index contributed by atoms with van der Waals surface area (Å²) in [6, 6.07) is 17.4. The van der Waals surface area contributed by atoms with E-state index in [1.807, 2.05) is 0 Å². The first-order valence-electron chi connectivity index (χ1n) is 10.5. The quantitative estimate of drug-likeness (QED) is 0.489. The van der Waals surface area contributed by atoms with E-state index in [2.05, 4.69) is 88.4 Å². The molecule has 4 rings (SSSR count). The highest BCUT2D eigenvalue weighted by Crippen LogP contribution is 2.24. The van der Waals surface area contributed by atoms with Crippen molar-refractivity contribution in [3.8, 4) is 11.1 Å². The molecule has 1 aliphatic rings. The first-order chi connectivity index (χ1) is 14.6. The molecule has 1 aromatic heterocycles. The molecule has 0 spiro atoms. The number of nitrogens with zero attached hydrogens (tertiary/aromatic N) is 4. The first kappa shape index (κ1) is 21.1. The maximum Gasteiger partial charge on any atom is 0.191 e. The van der Waals surface area contributed by atoms with Crippen molar-refractivity contribution in [1.29, 1.82) is 0 Å². The third-order valence-corrected chi connectivity index (χ3v) is 6.33. The van der Waals surface area contributed by atoms with E-state index in [-0.39, 0.29) is 6.10 Å². The van der Waals surface area contributed by atoms with Gasteiger partial charge in [0.05, 0.1) is 19.2 Å². The number of ether oxygens (including phenoxy) is 1. The lowest BCUT2D eigenvalue weighted by molar-refractivity contribution is 0.0934. The predicted molar refractivity (Wildman–Crippen MR) is 123 cm³/mol. The van der Waals surface area contributed by atoms with Gasteiger partial charge in [0, 0.05) is 13.2 Å². The van der Waals surface area contributed by atoms with E-state index in [4.69, 9.17) is 4.74 Å². The van der Waals surface area contributed by atoms with Crippen molar-refractivity contribution in [2.45, 2.75) is 50.7 Å². The number of rotatable bonds is 8. The van der Waals surface area contributed by atoms with Gasteiger partial charge < -0.3 is 9.30 Å². The molecule has 6 heteroatoms. The van der Waals surface area contributed by atoms with Gasteiger partial charge >= 0.3 is 0 Å². The van der Waals surface area contributed by atoms with Crippen LogP contribution in [0.1, 0.15) is 29.8 Å². The molecule has 0 amide bonds. The largest absolute Gasteiger partial charge is 0.376 e. The summed E-state index contributed by atoms with van der Waals surface area (Å²) in [7, 11) is 2.14. The Hall–Kier alpha value is -2.15. The van der Waals surface area contributed by atoms with E-state index >= 15 is 0 Å². The average molecular weight is 423 g/mol. The normalized spacial score (nSPS) is 16.5. The van der Waals surface area contributed by atoms with Crippen molar-refractivity contribution in [3.05, 3.63) is 65.5 Å². The highest BCUT2D eigenvalue weighted by Gasteiger charge is 2.21. The molecule has 1 aliphatic heterocycles. The molecule has 0 radical (unpaired) electrons. The van der Waals surface area contributed by atoms with Gasteiger partial charge in [-0.2, -0.15) is 0 Å². The topological polar surface area (TPSA) is 43.2 Å². The van der Waals surface area contributed by atoms with Crippen molar-refractivity contribution in [1.82, 2.24) is 19.7 Å². The highest BCUT2D eigenvalue weighted by atomic mass is 32.2. The standard InChI is InChI=1S/C24H30N4OS/c1-18-7-4-5-9-22(18)20-12-10-19(11-13-20)15-27(2)17-23-25-26-24(30-3)28(23)16-21-8-6-14-29-21/h4-5,7,9-13,21H,6,8,14-17H2,1-3H3. The summed E-state index contributed by atoms with van der Waals surface area (Å²) in [5.74, 6) is 1.01. The molecular weight excluding hydrogens is 392 g/mol. The van der Waals surface area contributed by atoms with Crippen molar-refractivity contribution >= 4 is 11.8 Å². The third kappa shape index (κ3) is 4.94. The highest BCUT2D eigenvalue weighted by molar-refractivity contribution is 7.98. The summed E-state index contributed by atoms with van der Waals surface area (Å²) in [5, 5.41) is 9.82. The monoisotopic (exact) mass is 422 g/mol. The van der Waals surface area contributed by atoms with Gasteiger partial charge in [-0.1, -0.05) is 60.3 Å². The van der Waals surface area contributed by atoms with Crippen molar-refractivity contribution in [3.63, 3.8) is 0 Å². The van der Waals surface area contributed by atoms with E-state index < -0.39 is 0 Å². The molecule has 2 aromatic carbocycles. The molecule has 0 N–H and O–H groups in total. The lowest BCUT2D eigenvalue weighted by Crippen LogP contribution is -2.23. The summed E-state index contributed by atoms with van der Waals surface area (Å²) < 4.78 is 8.07. The Bertz CT molecular complexity index is 964. The maximum atomic E-state index is 5.84. The van der Waals surface area contributed by atoms with E-state index in [0.717, 1.165) is 50.1 Å². The van der Waals surface area contributed by atoms with Crippen LogP contribution in [0.5, 0.6) is 0 Å². The van der Waals surface area contributed by atoms with Crippen LogP contribution in [0.3, 0.4) is 0 Å². The summed E-state index contributed by atoms with van der Waals surface area (Å²) in [4.78, 5) is 2.29. The first-order valence-corrected chi connectivity index (χ1v) is 11.8. The zero-order chi connectivity index (χ0) is 20.9. The fourth-order valence-corrected chi connectivity index (χ4v) is 4.58. The maximum absolute atomic E-state index is 5.84. The number of aryl methyl sites for hydroxylation is 1. The third-order valence-electron chi connectivity index (χ3n) is 5.66. The Morgan fingerprint density at radius 1 is 1.10 bits per heavy atom. The molecule has 0 aliphatic carbocycles. The van der Waals surface area contributed by atoms with Crippen LogP contribution in [0.25, 0.3) is 11.1 Å². The van der Waals surface area contributed by atoms with Gasteiger partial charge in [-0.05, 0) is 55.3 Å². The molecule has 0 bridgehead atoms. The van der Waals surface area contributed by atoms with Crippen LogP contribution in [0, 0.1) is 6.92 Å². The van der Waals surface area contributed by atoms with Crippen LogP contribution < -0.4 is 0 Å². The van der Waals surface area contributed by atoms with Crippen LogP contribution >= 0.6 is 11.8 Å². The molecular formula is C24H30N4OS. The lowest BCUT2D eigenvalue weighted by Gasteiger charge is -2.19. The Morgan fingerprint density at radius 3 is 2.60 bits per heavy atom. The molecule has 2 heterocycles. The number of benzene rings is 2. The van der Waals surface area contributed by atoms with Gasteiger partial charge in [0.15, 0.2) is 5.16 Å². The summed E-state index contributed by atoms with van der Waals surface area (Å²) in [6.07, 6.45) is 4.60. The zero-order valence-corrected chi connectivity index (χ0v) is 18.9. The fourth-order valence-electron chi connectivity index (χ4n) is 4.06. The van der Waals surface area contributed by atoms with Crippen LogP contribution in [0.2, 0.25) is 0 Å². The van der Waals surface area contributed by atoms with E-state index in [1.54, 1.807) is 11.8 Å². The van der Waals surface area contributed by atoms with Gasteiger partial charge in [0.2, 0.25) is 0 Å². The Kier molecular flexibility index (Phi) is 6.87. The van der Waals surface area contributed by atoms with Crippen LogP contribution in [-0.2, 0) is 24.4 Å². The molecule has 1 atom stereocenters. The van der Waals surface area contributed by atoms with Gasteiger partial charge in [-0.3, -0.25) is 4.90 Å². The molecule has 3 aromatic rings. The number of thioether (sulfide) groups is 1. The van der Waals surface area contributed by atoms with Gasteiger partial charge in [-0.25, -0.2) is 0 Å². The molecule has 1 saturated heterocycles. The average Bonchev–Trinajstić information content (AvgIpc) is 3.40. The summed E-state index contributed by atoms with van der Waals surface area (Å²) in [6.45, 7) is 5.51. The number of hydrogen-bond donors (Lipinski definition) is 0. The van der Waals surface area contributed by atoms with Gasteiger partial charge in [0.25, 0.3) is 0 Å². The molecule has 5 nitrogen and oxygen atoms in total. The fraction of sp³-hybridized carbons (Fsp3) is 0.417. The summed E-state index contributed by atoms with van der Waals surface area (Å²) >= 11 is 1.65. The Labute approximate surface area is 183 Å². The van der Waals surface area contributed by atoms with Crippen LogP contribution in [-0.4, -0.2) is 45.7 Å². The molecule has 158 valence electrons. The minimum absolute atomic E-state index is 0.282. The van der Waals surface area contributed by atoms with Crippen LogP contribution in [0.15, 0.2) is 53.7 Å². The lowest BCUT2D eigenvalue weighted by atomic mass is 9.99. The van der Waals surface area contributed by atoms with Gasteiger partial charge in [-0.15, -0.1) is 10.2 Å². The zero-order valence-electron chi connectivity index (χ0n) is 18.0. The molecule has 1 fully saturated rings. The number of hydrogen-bond acceptors (Lipinski definition) is 5. The SMILES string of the molecule is CSc1nnc(CN(C)Cc2ccc(-c3ccccc3C)cc2)n1CC1CCCO1.